The predicted octanol–water partition coefficient (Wildman–Crippen LogP) is 9.10. The highest BCUT2D eigenvalue weighted by molar-refractivity contribution is 5.67. The number of benzene rings is 3. The maximum atomic E-state index is 15.0. The Labute approximate surface area is 224 Å². The Morgan fingerprint density at radius 2 is 1.61 bits per heavy atom. The van der Waals surface area contributed by atoms with Crippen molar-refractivity contribution in [2.45, 2.75) is 71.3 Å². The second-order valence-electron chi connectivity index (χ2n) is 9.94. The van der Waals surface area contributed by atoms with E-state index in [1.807, 2.05) is 30.3 Å². The van der Waals surface area contributed by atoms with Gasteiger partial charge in [-0.05, 0) is 79.3 Å². The molecule has 0 bridgehead atoms. The molecule has 0 heterocycles. The van der Waals surface area contributed by atoms with Crippen molar-refractivity contribution in [2.24, 2.45) is 0 Å². The molecule has 5 heteroatoms. The van der Waals surface area contributed by atoms with Crippen LogP contribution in [0.4, 0.5) is 13.2 Å². The summed E-state index contributed by atoms with van der Waals surface area (Å²) in [6, 6.07) is 15.9. The van der Waals surface area contributed by atoms with Gasteiger partial charge in [0.2, 0.25) is 0 Å². The van der Waals surface area contributed by atoms with Crippen LogP contribution in [0.3, 0.4) is 0 Å². The van der Waals surface area contributed by atoms with Crippen LogP contribution in [0.5, 0.6) is 5.75 Å². The monoisotopic (exact) mass is 522 g/mol. The largest absolute Gasteiger partial charge is 0.493 e. The number of hydrogen-bond donors (Lipinski definition) is 0. The molecule has 0 aromatic heterocycles. The van der Waals surface area contributed by atoms with E-state index in [0.717, 1.165) is 55.4 Å². The molecule has 202 valence electrons. The molecule has 2 nitrogen and oxygen atoms in total. The van der Waals surface area contributed by atoms with Crippen molar-refractivity contribution in [1.82, 2.24) is 0 Å². The number of ether oxygens (including phenoxy) is 2. The summed E-state index contributed by atoms with van der Waals surface area (Å²) in [5, 5.41) is 0. The minimum Gasteiger partial charge on any atom is -0.493 e. The highest BCUT2D eigenvalue weighted by Gasteiger charge is 2.21. The van der Waals surface area contributed by atoms with Crippen LogP contribution >= 0.6 is 0 Å². The first-order valence-electron chi connectivity index (χ1n) is 13.8. The molecule has 0 radical (unpaired) electrons. The summed E-state index contributed by atoms with van der Waals surface area (Å²) in [5.74, 6) is -1.34. The Bertz CT molecular complexity index is 1230. The van der Waals surface area contributed by atoms with Crippen molar-refractivity contribution in [2.75, 3.05) is 13.2 Å². The zero-order valence-corrected chi connectivity index (χ0v) is 22.4. The Kier molecular flexibility index (Phi) is 10.1. The van der Waals surface area contributed by atoms with Gasteiger partial charge in [0.05, 0.1) is 12.7 Å². The first kappa shape index (κ1) is 28.0. The second kappa shape index (κ2) is 13.7. The third-order valence-electron chi connectivity index (χ3n) is 7.08. The van der Waals surface area contributed by atoms with Gasteiger partial charge >= 0.3 is 0 Å². The van der Waals surface area contributed by atoms with E-state index in [9.17, 15) is 13.2 Å². The zero-order valence-electron chi connectivity index (χ0n) is 22.4. The summed E-state index contributed by atoms with van der Waals surface area (Å²) in [5.41, 5.74) is 3.81. The maximum Gasteiger partial charge on any atom is 0.166 e. The molecule has 3 aromatic carbocycles. The average Bonchev–Trinajstić information content (AvgIpc) is 2.94. The van der Waals surface area contributed by atoms with E-state index in [1.54, 1.807) is 24.3 Å². The molecule has 0 spiro atoms. The van der Waals surface area contributed by atoms with Crippen molar-refractivity contribution in [3.05, 3.63) is 94.8 Å². The molecule has 1 aliphatic carbocycles. The quantitative estimate of drug-likeness (QED) is 0.221. The molecule has 4 rings (SSSR count). The lowest BCUT2D eigenvalue weighted by Crippen LogP contribution is -2.16. The SMILES string of the molecule is CCCCOc1ccc(-c2ccc(CCc3ccc(C4=CCC(OCCC)CC4)c(F)c3F)cc2)c(F)c1. The fourth-order valence-electron chi connectivity index (χ4n) is 4.81. The van der Waals surface area contributed by atoms with E-state index in [-0.39, 0.29) is 11.9 Å². The Morgan fingerprint density at radius 1 is 0.816 bits per heavy atom. The van der Waals surface area contributed by atoms with Gasteiger partial charge in [-0.1, -0.05) is 62.7 Å². The third kappa shape index (κ3) is 7.08. The fourth-order valence-corrected chi connectivity index (χ4v) is 4.81. The predicted molar refractivity (Wildman–Crippen MR) is 148 cm³/mol. The first-order valence-corrected chi connectivity index (χ1v) is 13.8. The summed E-state index contributed by atoms with van der Waals surface area (Å²) in [6.45, 7) is 5.46. The van der Waals surface area contributed by atoms with Crippen molar-refractivity contribution in [1.29, 1.82) is 0 Å². The van der Waals surface area contributed by atoms with E-state index >= 15 is 0 Å². The first-order chi connectivity index (χ1) is 18.5. The second-order valence-corrected chi connectivity index (χ2v) is 9.94. The smallest absolute Gasteiger partial charge is 0.166 e. The van der Waals surface area contributed by atoms with Crippen LogP contribution < -0.4 is 4.74 Å². The van der Waals surface area contributed by atoms with Gasteiger partial charge < -0.3 is 9.47 Å². The van der Waals surface area contributed by atoms with Crippen LogP contribution in [0.15, 0.2) is 60.7 Å². The van der Waals surface area contributed by atoms with Gasteiger partial charge in [0.25, 0.3) is 0 Å². The summed E-state index contributed by atoms with van der Waals surface area (Å²) >= 11 is 0. The number of rotatable bonds is 12. The standard InChI is InChI=1S/C33H37F3O2/c1-3-5-21-38-28-17-19-29(31(34)22-28)24-9-6-23(7-10-24)8-11-26-14-18-30(33(36)32(26)35)25-12-15-27(16-13-25)37-20-4-2/h6-7,9-10,12,14,17-19,22,27H,3-5,8,11,13,15-16,20-21H2,1-2H3. The highest BCUT2D eigenvalue weighted by Crippen LogP contribution is 2.32. The molecule has 3 aromatic rings. The number of unbranched alkanes of at least 4 members (excludes halogenated alkanes) is 1. The Morgan fingerprint density at radius 3 is 2.29 bits per heavy atom. The average molecular weight is 523 g/mol. The minimum absolute atomic E-state index is 0.165. The van der Waals surface area contributed by atoms with E-state index in [1.165, 1.54) is 6.07 Å². The van der Waals surface area contributed by atoms with Gasteiger partial charge in [-0.25, -0.2) is 13.2 Å². The molecule has 1 unspecified atom stereocenters. The lowest BCUT2D eigenvalue weighted by atomic mass is 9.90. The van der Waals surface area contributed by atoms with Crippen LogP contribution in [-0.4, -0.2) is 19.3 Å². The van der Waals surface area contributed by atoms with Gasteiger partial charge in [0.15, 0.2) is 11.6 Å². The number of aryl methyl sites for hydroxylation is 2. The zero-order chi connectivity index (χ0) is 26.9. The Balaban J connectivity index is 1.37. The number of hydrogen-bond acceptors (Lipinski definition) is 2. The molecule has 1 aliphatic rings. The molecule has 1 atom stereocenters. The highest BCUT2D eigenvalue weighted by atomic mass is 19.2. The normalized spacial score (nSPS) is 15.4. The molecule has 0 saturated carbocycles. The summed E-state index contributed by atoms with van der Waals surface area (Å²) < 4.78 is 56.0. The van der Waals surface area contributed by atoms with Crippen molar-refractivity contribution in [3.8, 4) is 16.9 Å². The van der Waals surface area contributed by atoms with E-state index in [0.29, 0.717) is 48.3 Å². The van der Waals surface area contributed by atoms with Crippen LogP contribution in [0, 0.1) is 17.5 Å². The lowest BCUT2D eigenvalue weighted by Gasteiger charge is -2.23. The molecule has 0 N–H and O–H groups in total. The van der Waals surface area contributed by atoms with Gasteiger partial charge in [-0.3, -0.25) is 0 Å². The summed E-state index contributed by atoms with van der Waals surface area (Å²) in [4.78, 5) is 0. The van der Waals surface area contributed by atoms with E-state index < -0.39 is 11.6 Å². The lowest BCUT2D eigenvalue weighted by molar-refractivity contribution is 0.0488. The molecule has 0 saturated heterocycles. The number of halogens is 3. The Hall–Kier alpha value is -3.05. The van der Waals surface area contributed by atoms with Crippen molar-refractivity contribution in [3.63, 3.8) is 0 Å². The van der Waals surface area contributed by atoms with E-state index in [4.69, 9.17) is 9.47 Å². The van der Waals surface area contributed by atoms with Gasteiger partial charge in [0.1, 0.15) is 11.6 Å². The molecule has 38 heavy (non-hydrogen) atoms. The topological polar surface area (TPSA) is 18.5 Å². The van der Waals surface area contributed by atoms with Gasteiger partial charge in [0, 0.05) is 23.8 Å². The van der Waals surface area contributed by atoms with Crippen molar-refractivity contribution >= 4 is 5.57 Å². The minimum atomic E-state index is -0.771. The summed E-state index contributed by atoms with van der Waals surface area (Å²) in [7, 11) is 0. The van der Waals surface area contributed by atoms with Gasteiger partial charge in [-0.15, -0.1) is 0 Å². The number of allylic oxidation sites excluding steroid dienone is 1. The van der Waals surface area contributed by atoms with Crippen molar-refractivity contribution < 1.29 is 22.6 Å². The van der Waals surface area contributed by atoms with E-state index in [2.05, 4.69) is 13.8 Å². The maximum absolute atomic E-state index is 15.0. The molecule has 0 fully saturated rings. The van der Waals surface area contributed by atoms with Gasteiger partial charge in [-0.2, -0.15) is 0 Å². The summed E-state index contributed by atoms with van der Waals surface area (Å²) in [6.07, 6.45) is 8.25. The van der Waals surface area contributed by atoms with Crippen LogP contribution in [0.25, 0.3) is 16.7 Å². The molecular weight excluding hydrogens is 485 g/mol. The fraction of sp³-hybridized carbons (Fsp3) is 0.394. The van der Waals surface area contributed by atoms with Crippen LogP contribution in [0.1, 0.15) is 69.1 Å². The van der Waals surface area contributed by atoms with Crippen LogP contribution in [-0.2, 0) is 17.6 Å². The van der Waals surface area contributed by atoms with Crippen LogP contribution in [0.2, 0.25) is 0 Å². The third-order valence-corrected chi connectivity index (χ3v) is 7.08. The molecule has 0 amide bonds. The molecular formula is C33H37F3O2. The molecule has 0 aliphatic heterocycles.